The molecule has 7 heteroatoms. The number of anilines is 1. The van der Waals surface area contributed by atoms with Crippen LogP contribution < -0.4 is 5.32 Å². The molecule has 4 rings (SSSR count). The third kappa shape index (κ3) is 2.47. The fourth-order valence-electron chi connectivity index (χ4n) is 3.18. The lowest BCUT2D eigenvalue weighted by Gasteiger charge is -2.31. The number of H-pyrrole nitrogens is 1. The fraction of sp³-hybridized carbons (Fsp3) is 0.643. The molecule has 2 fully saturated rings. The van der Waals surface area contributed by atoms with Crippen molar-refractivity contribution in [3.63, 3.8) is 0 Å². The van der Waals surface area contributed by atoms with Gasteiger partial charge in [0.25, 0.3) is 0 Å². The molecule has 2 aliphatic rings. The summed E-state index contributed by atoms with van der Waals surface area (Å²) in [6, 6.07) is 0. The predicted octanol–water partition coefficient (Wildman–Crippen LogP) is 1.84. The maximum atomic E-state index is 6.15. The highest BCUT2D eigenvalue weighted by molar-refractivity contribution is 5.81. The Morgan fingerprint density at radius 3 is 3.05 bits per heavy atom. The van der Waals surface area contributed by atoms with Gasteiger partial charge in [-0.05, 0) is 12.8 Å². The number of nitrogens with one attached hydrogen (secondary N) is 2. The van der Waals surface area contributed by atoms with E-state index in [1.165, 1.54) is 25.6 Å². The molecule has 2 aromatic heterocycles. The number of aromatic amines is 1. The highest BCUT2D eigenvalue weighted by atomic mass is 16.7. The van der Waals surface area contributed by atoms with Crippen LogP contribution in [0.3, 0.4) is 0 Å². The molecule has 7 nitrogen and oxygen atoms in total. The molecule has 1 saturated carbocycles. The molecular formula is C14H19N5O2. The van der Waals surface area contributed by atoms with Crippen molar-refractivity contribution >= 4 is 17.0 Å². The van der Waals surface area contributed by atoms with Crippen LogP contribution in [-0.2, 0) is 9.47 Å². The minimum atomic E-state index is -0.320. The summed E-state index contributed by atoms with van der Waals surface area (Å²) in [5.41, 5.74) is 1.49. The molecule has 3 heterocycles. The maximum Gasteiger partial charge on any atom is 0.182 e. The highest BCUT2D eigenvalue weighted by Gasteiger charge is 2.42. The van der Waals surface area contributed by atoms with Crippen LogP contribution in [0.2, 0.25) is 0 Å². The van der Waals surface area contributed by atoms with Crippen molar-refractivity contribution in [2.24, 2.45) is 0 Å². The lowest BCUT2D eigenvalue weighted by molar-refractivity contribution is -0.185. The van der Waals surface area contributed by atoms with Crippen LogP contribution in [0.15, 0.2) is 12.7 Å². The zero-order valence-electron chi connectivity index (χ0n) is 11.8. The third-order valence-electron chi connectivity index (χ3n) is 4.25. The Labute approximate surface area is 122 Å². The molecule has 2 N–H and O–H groups in total. The van der Waals surface area contributed by atoms with E-state index in [0.29, 0.717) is 18.8 Å². The molecule has 0 aromatic carbocycles. The van der Waals surface area contributed by atoms with Gasteiger partial charge in [0.2, 0.25) is 0 Å². The molecule has 112 valence electrons. The minimum absolute atomic E-state index is 0.0658. The third-order valence-corrected chi connectivity index (χ3v) is 4.25. The molecule has 1 saturated heterocycles. The number of nitrogens with zero attached hydrogens (tertiary/aromatic N) is 3. The van der Waals surface area contributed by atoms with E-state index in [4.69, 9.17) is 9.47 Å². The highest BCUT2D eigenvalue weighted by Crippen LogP contribution is 2.37. The first-order valence-electron chi connectivity index (χ1n) is 7.54. The Morgan fingerprint density at radius 1 is 1.24 bits per heavy atom. The first-order chi connectivity index (χ1) is 10.3. The topological polar surface area (TPSA) is 85.0 Å². The van der Waals surface area contributed by atoms with Crippen molar-refractivity contribution in [2.45, 2.75) is 44.0 Å². The van der Waals surface area contributed by atoms with Crippen molar-refractivity contribution in [3.05, 3.63) is 12.7 Å². The number of rotatable bonds is 3. The molecule has 2 aromatic rings. The smallest absolute Gasteiger partial charge is 0.182 e. The summed E-state index contributed by atoms with van der Waals surface area (Å²) in [6.45, 7) is 1.32. The predicted molar refractivity (Wildman–Crippen MR) is 76.8 cm³/mol. The van der Waals surface area contributed by atoms with E-state index < -0.39 is 0 Å². The van der Waals surface area contributed by atoms with Crippen LogP contribution in [0, 0.1) is 0 Å². The quantitative estimate of drug-likeness (QED) is 0.897. The van der Waals surface area contributed by atoms with Crippen molar-refractivity contribution in [3.8, 4) is 0 Å². The minimum Gasteiger partial charge on any atom is -0.365 e. The first-order valence-corrected chi connectivity index (χ1v) is 7.54. The molecule has 21 heavy (non-hydrogen) atoms. The number of hydrogen-bond acceptors (Lipinski definition) is 6. The number of fused-ring (bicyclic) bond motifs is 1. The Kier molecular flexibility index (Phi) is 3.23. The molecule has 1 aliphatic heterocycles. The van der Waals surface area contributed by atoms with Gasteiger partial charge in [0, 0.05) is 19.4 Å². The van der Waals surface area contributed by atoms with Crippen LogP contribution in [-0.4, -0.2) is 45.0 Å². The number of imidazole rings is 1. The zero-order valence-corrected chi connectivity index (χ0v) is 11.8. The summed E-state index contributed by atoms with van der Waals surface area (Å²) in [7, 11) is 0. The monoisotopic (exact) mass is 289 g/mol. The van der Waals surface area contributed by atoms with Crippen molar-refractivity contribution < 1.29 is 9.47 Å². The van der Waals surface area contributed by atoms with Crippen molar-refractivity contribution in [2.75, 3.05) is 18.5 Å². The van der Waals surface area contributed by atoms with Crippen LogP contribution in [0.5, 0.6) is 0 Å². The summed E-state index contributed by atoms with van der Waals surface area (Å²) >= 11 is 0. The molecule has 1 atom stereocenters. The summed E-state index contributed by atoms with van der Waals surface area (Å²) in [5, 5.41) is 3.31. The van der Waals surface area contributed by atoms with Gasteiger partial charge in [0.05, 0.1) is 12.9 Å². The first kappa shape index (κ1) is 13.0. The Balaban J connectivity index is 1.40. The summed E-state index contributed by atoms with van der Waals surface area (Å²) in [5.74, 6) is 0.435. The van der Waals surface area contributed by atoms with E-state index in [2.05, 4.69) is 25.3 Å². The van der Waals surface area contributed by atoms with Gasteiger partial charge in [0.15, 0.2) is 17.3 Å². The van der Waals surface area contributed by atoms with E-state index in [-0.39, 0.29) is 11.9 Å². The lowest BCUT2D eigenvalue weighted by atomic mass is 9.94. The molecule has 1 aliphatic carbocycles. The van der Waals surface area contributed by atoms with Crippen molar-refractivity contribution in [1.82, 2.24) is 19.9 Å². The Bertz CT molecular complexity index is 623. The summed E-state index contributed by atoms with van der Waals surface area (Å²) in [6.07, 6.45) is 8.91. The fourth-order valence-corrected chi connectivity index (χ4v) is 3.18. The SMILES string of the molecule is c1nc(NCC2COC3(CCCCC3)O2)c2[nH]cnc2n1. The number of ether oxygens (including phenoxy) is 2. The average Bonchev–Trinajstić information content (AvgIpc) is 3.13. The van der Waals surface area contributed by atoms with Gasteiger partial charge < -0.3 is 19.8 Å². The van der Waals surface area contributed by atoms with Gasteiger partial charge in [-0.15, -0.1) is 0 Å². The van der Waals surface area contributed by atoms with Gasteiger partial charge in [0.1, 0.15) is 17.9 Å². The van der Waals surface area contributed by atoms with E-state index >= 15 is 0 Å². The second-order valence-electron chi connectivity index (χ2n) is 5.73. The molecule has 0 bridgehead atoms. The summed E-state index contributed by atoms with van der Waals surface area (Å²) < 4.78 is 12.1. The van der Waals surface area contributed by atoms with Crippen LogP contribution >= 0.6 is 0 Å². The normalized spacial score (nSPS) is 24.7. The van der Waals surface area contributed by atoms with Gasteiger partial charge in [-0.3, -0.25) is 0 Å². The van der Waals surface area contributed by atoms with Crippen LogP contribution in [0.1, 0.15) is 32.1 Å². The van der Waals surface area contributed by atoms with Crippen LogP contribution in [0.25, 0.3) is 11.2 Å². The molecule has 0 amide bonds. The van der Waals surface area contributed by atoms with E-state index in [1.54, 1.807) is 6.33 Å². The van der Waals surface area contributed by atoms with Gasteiger partial charge >= 0.3 is 0 Å². The van der Waals surface area contributed by atoms with E-state index in [1.807, 2.05) is 0 Å². The molecule has 0 radical (unpaired) electrons. The second kappa shape index (κ2) is 5.23. The summed E-state index contributed by atoms with van der Waals surface area (Å²) in [4.78, 5) is 15.5. The average molecular weight is 289 g/mol. The Morgan fingerprint density at radius 2 is 2.14 bits per heavy atom. The van der Waals surface area contributed by atoms with Gasteiger partial charge in [-0.1, -0.05) is 6.42 Å². The standard InChI is InChI=1S/C14H19N5O2/c1-2-4-14(5-3-1)20-7-10(21-14)6-15-12-11-13(17-8-16-11)19-9-18-12/h8-10H,1-7H2,(H2,15,16,17,18,19). The van der Waals surface area contributed by atoms with Gasteiger partial charge in [-0.2, -0.15) is 0 Å². The molecule has 1 spiro atoms. The second-order valence-corrected chi connectivity index (χ2v) is 5.73. The van der Waals surface area contributed by atoms with Gasteiger partial charge in [-0.25, -0.2) is 15.0 Å². The zero-order chi connectivity index (χ0) is 14.1. The Hall–Kier alpha value is -1.73. The number of aromatic nitrogens is 4. The lowest BCUT2D eigenvalue weighted by Crippen LogP contribution is -2.34. The van der Waals surface area contributed by atoms with Crippen molar-refractivity contribution in [1.29, 1.82) is 0 Å². The number of hydrogen-bond donors (Lipinski definition) is 2. The largest absolute Gasteiger partial charge is 0.365 e. The molecular weight excluding hydrogens is 270 g/mol. The van der Waals surface area contributed by atoms with E-state index in [9.17, 15) is 0 Å². The van der Waals surface area contributed by atoms with Crippen LogP contribution in [0.4, 0.5) is 5.82 Å². The molecule has 1 unspecified atom stereocenters. The van der Waals surface area contributed by atoms with E-state index in [0.717, 1.165) is 24.2 Å². The maximum absolute atomic E-state index is 6.15.